The molecule has 0 N–H and O–H groups in total. The van der Waals surface area contributed by atoms with E-state index in [2.05, 4.69) is 4.74 Å². The minimum Gasteiger partial charge on any atom is -0.463 e. The molecule has 0 aliphatic carbocycles. The Balaban J connectivity index is 3.33. The van der Waals surface area contributed by atoms with Crippen molar-refractivity contribution in [1.29, 1.82) is 0 Å². The highest BCUT2D eigenvalue weighted by Crippen LogP contribution is 1.82. The van der Waals surface area contributed by atoms with Crippen LogP contribution in [0, 0.1) is 0 Å². The van der Waals surface area contributed by atoms with Crippen LogP contribution in [-0.4, -0.2) is 12.6 Å². The van der Waals surface area contributed by atoms with Crippen molar-refractivity contribution in [3.8, 4) is 0 Å². The molecule has 0 saturated heterocycles. The molecule has 0 aromatic rings. The normalized spacial score (nSPS) is 9.75. The topological polar surface area (TPSA) is 26.3 Å². The lowest BCUT2D eigenvalue weighted by molar-refractivity contribution is -0.137. The molecule has 0 atom stereocenters. The molecule has 0 unspecified atom stereocenters. The van der Waals surface area contributed by atoms with Crippen LogP contribution in [0.1, 0.15) is 6.92 Å². The van der Waals surface area contributed by atoms with Crippen LogP contribution in [0.3, 0.4) is 0 Å². The van der Waals surface area contributed by atoms with Crippen molar-refractivity contribution in [2.75, 3.05) is 6.61 Å². The van der Waals surface area contributed by atoms with Crippen LogP contribution in [0.5, 0.6) is 0 Å². The fourth-order valence-corrected chi connectivity index (χ4v) is 0.345. The first kappa shape index (κ1) is 7.50. The van der Waals surface area contributed by atoms with Gasteiger partial charge in [0.2, 0.25) is 0 Å². The van der Waals surface area contributed by atoms with E-state index >= 15 is 0 Å². The molecule has 0 bridgehead atoms. The Hall–Kier alpha value is -0.500. The molecular formula is C5H7ClO2. The van der Waals surface area contributed by atoms with Gasteiger partial charge in [0.1, 0.15) is 0 Å². The van der Waals surface area contributed by atoms with Gasteiger partial charge in [-0.2, -0.15) is 0 Å². The van der Waals surface area contributed by atoms with Gasteiger partial charge in [-0.15, -0.1) is 0 Å². The molecule has 46 valence electrons. The maximum Gasteiger partial charge on any atom is 0.331 e. The Morgan fingerprint density at radius 1 is 1.88 bits per heavy atom. The second kappa shape index (κ2) is 4.65. The quantitative estimate of drug-likeness (QED) is 0.420. The zero-order valence-corrected chi connectivity index (χ0v) is 5.31. The van der Waals surface area contributed by atoms with E-state index in [1.807, 2.05) is 0 Å². The van der Waals surface area contributed by atoms with Gasteiger partial charge >= 0.3 is 5.97 Å². The molecule has 0 heterocycles. The van der Waals surface area contributed by atoms with Gasteiger partial charge in [0.15, 0.2) is 0 Å². The Labute approximate surface area is 53.1 Å². The van der Waals surface area contributed by atoms with E-state index in [9.17, 15) is 4.79 Å². The Kier molecular flexibility index (Phi) is 4.36. The van der Waals surface area contributed by atoms with Crippen molar-refractivity contribution < 1.29 is 9.53 Å². The molecule has 8 heavy (non-hydrogen) atoms. The van der Waals surface area contributed by atoms with Crippen LogP contribution in [-0.2, 0) is 9.53 Å². The lowest BCUT2D eigenvalue weighted by Crippen LogP contribution is -1.97. The number of hydrogen-bond acceptors (Lipinski definition) is 2. The summed E-state index contributed by atoms with van der Waals surface area (Å²) in [5.74, 6) is -0.400. The second-order valence-corrected chi connectivity index (χ2v) is 1.30. The molecular weight excluding hydrogens is 128 g/mol. The third-order valence-electron chi connectivity index (χ3n) is 0.486. The number of hydrogen-bond donors (Lipinski definition) is 0. The summed E-state index contributed by atoms with van der Waals surface area (Å²) >= 11 is 5.05. The van der Waals surface area contributed by atoms with Gasteiger partial charge in [0, 0.05) is 11.6 Å². The number of rotatable bonds is 2. The molecule has 0 saturated carbocycles. The average Bonchev–Trinajstić information content (AvgIpc) is 1.68. The fraction of sp³-hybridized carbons (Fsp3) is 0.400. The van der Waals surface area contributed by atoms with Gasteiger partial charge in [-0.3, -0.25) is 0 Å². The first-order chi connectivity index (χ1) is 3.81. The lowest BCUT2D eigenvalue weighted by Gasteiger charge is -1.91. The van der Waals surface area contributed by atoms with E-state index in [-0.39, 0.29) is 0 Å². The molecule has 2 nitrogen and oxygen atoms in total. The Bertz CT molecular complexity index is 98.6. The molecule has 0 aliphatic heterocycles. The van der Waals surface area contributed by atoms with Crippen molar-refractivity contribution in [3.63, 3.8) is 0 Å². The highest BCUT2D eigenvalue weighted by atomic mass is 35.5. The average molecular weight is 135 g/mol. The first-order valence-corrected chi connectivity index (χ1v) is 2.68. The van der Waals surface area contributed by atoms with Gasteiger partial charge in [0.05, 0.1) is 6.61 Å². The van der Waals surface area contributed by atoms with Gasteiger partial charge in [-0.1, -0.05) is 11.6 Å². The van der Waals surface area contributed by atoms with E-state index in [4.69, 9.17) is 11.6 Å². The summed E-state index contributed by atoms with van der Waals surface area (Å²) in [6, 6.07) is 0. The number of ether oxygens (including phenoxy) is 1. The lowest BCUT2D eigenvalue weighted by atomic mass is 10.6. The molecule has 0 aliphatic rings. The molecule has 0 rings (SSSR count). The Morgan fingerprint density at radius 2 is 2.50 bits per heavy atom. The molecule has 0 aromatic heterocycles. The standard InChI is InChI=1S/C5H7ClO2/c1-2-8-5(7)3-4-6/h3-4H,2H2,1H3. The highest BCUT2D eigenvalue weighted by molar-refractivity contribution is 6.26. The van der Waals surface area contributed by atoms with Crippen LogP contribution in [0.2, 0.25) is 0 Å². The number of esters is 1. The van der Waals surface area contributed by atoms with E-state index in [0.29, 0.717) is 6.61 Å². The summed E-state index contributed by atoms with van der Waals surface area (Å²) in [5.41, 5.74) is 1.12. The van der Waals surface area contributed by atoms with Crippen molar-refractivity contribution in [1.82, 2.24) is 0 Å². The van der Waals surface area contributed by atoms with Crippen LogP contribution >= 0.6 is 11.6 Å². The summed E-state index contributed by atoms with van der Waals surface area (Å²) in [5, 5.41) is 0. The van der Waals surface area contributed by atoms with Gasteiger partial charge < -0.3 is 4.74 Å². The van der Waals surface area contributed by atoms with Crippen LogP contribution in [0.25, 0.3) is 0 Å². The number of halogens is 1. The maximum atomic E-state index is 10.2. The third kappa shape index (κ3) is 3.68. The molecule has 0 aromatic carbocycles. The zero-order valence-electron chi connectivity index (χ0n) is 4.56. The predicted molar refractivity (Wildman–Crippen MR) is 31.6 cm³/mol. The van der Waals surface area contributed by atoms with Crippen molar-refractivity contribution in [2.24, 2.45) is 0 Å². The van der Waals surface area contributed by atoms with Gasteiger partial charge in [-0.25, -0.2) is 4.79 Å². The van der Waals surface area contributed by atoms with Gasteiger partial charge in [-0.05, 0) is 6.92 Å². The van der Waals surface area contributed by atoms with Crippen LogP contribution < -0.4 is 0 Å². The third-order valence-corrected chi connectivity index (χ3v) is 0.612. The van der Waals surface area contributed by atoms with Crippen LogP contribution in [0.4, 0.5) is 0 Å². The molecule has 0 fully saturated rings. The van der Waals surface area contributed by atoms with Crippen LogP contribution in [0.15, 0.2) is 11.6 Å². The summed E-state index contributed by atoms with van der Waals surface area (Å²) in [7, 11) is 0. The minimum atomic E-state index is -0.400. The largest absolute Gasteiger partial charge is 0.463 e. The smallest absolute Gasteiger partial charge is 0.331 e. The maximum absolute atomic E-state index is 10.2. The number of carbonyl (C=O) groups is 1. The second-order valence-electron chi connectivity index (χ2n) is 1.04. The van der Waals surface area contributed by atoms with Gasteiger partial charge in [0.25, 0.3) is 0 Å². The van der Waals surface area contributed by atoms with Crippen molar-refractivity contribution >= 4 is 17.6 Å². The van der Waals surface area contributed by atoms with Crippen molar-refractivity contribution in [3.05, 3.63) is 11.6 Å². The zero-order chi connectivity index (χ0) is 6.41. The van der Waals surface area contributed by atoms with Crippen molar-refractivity contribution in [2.45, 2.75) is 6.92 Å². The summed E-state index contributed by atoms with van der Waals surface area (Å²) in [6.07, 6.45) is 1.16. The minimum absolute atomic E-state index is 0.389. The molecule has 0 spiro atoms. The molecule has 0 amide bonds. The monoisotopic (exact) mass is 134 g/mol. The summed E-state index contributed by atoms with van der Waals surface area (Å²) in [4.78, 5) is 10.2. The number of carbonyl (C=O) groups excluding carboxylic acids is 1. The highest BCUT2D eigenvalue weighted by Gasteiger charge is 1.89. The SMILES string of the molecule is CCOC(=O)C=CCl. The first-order valence-electron chi connectivity index (χ1n) is 2.24. The van der Waals surface area contributed by atoms with E-state index in [1.54, 1.807) is 6.92 Å². The van der Waals surface area contributed by atoms with E-state index in [0.717, 1.165) is 11.6 Å². The molecule has 3 heteroatoms. The molecule has 0 radical (unpaired) electrons. The summed E-state index contributed by atoms with van der Waals surface area (Å²) in [6.45, 7) is 2.13. The van der Waals surface area contributed by atoms with E-state index < -0.39 is 5.97 Å². The Morgan fingerprint density at radius 3 is 2.88 bits per heavy atom. The summed E-state index contributed by atoms with van der Waals surface area (Å²) < 4.78 is 4.47. The van der Waals surface area contributed by atoms with E-state index in [1.165, 1.54) is 0 Å². The fourth-order valence-electron chi connectivity index (χ4n) is 0.242. The predicted octanol–water partition coefficient (Wildman–Crippen LogP) is 1.30.